The van der Waals surface area contributed by atoms with Crippen LogP contribution in [0, 0.1) is 0 Å². The third-order valence-corrected chi connectivity index (χ3v) is 4.92. The van der Waals surface area contributed by atoms with Crippen molar-refractivity contribution in [2.75, 3.05) is 25.7 Å². The molecule has 0 amide bonds. The number of sulfone groups is 1. The normalized spacial score (nSPS) is 21.3. The van der Waals surface area contributed by atoms with Gasteiger partial charge in [0.2, 0.25) is 0 Å². The molecule has 1 aromatic heterocycles. The van der Waals surface area contributed by atoms with Gasteiger partial charge in [0.25, 0.3) is 0 Å². The van der Waals surface area contributed by atoms with E-state index < -0.39 is 9.84 Å². The molecule has 1 saturated heterocycles. The van der Waals surface area contributed by atoms with Gasteiger partial charge in [0.05, 0.1) is 31.4 Å². The van der Waals surface area contributed by atoms with Gasteiger partial charge in [-0.2, -0.15) is 0 Å². The summed E-state index contributed by atoms with van der Waals surface area (Å²) in [4.78, 5) is 4.24. The number of hydrogen-bond donors (Lipinski definition) is 1. The highest BCUT2D eigenvalue weighted by Gasteiger charge is 2.27. The maximum absolute atomic E-state index is 11.4. The number of methoxy groups -OCH3 is 2. The summed E-state index contributed by atoms with van der Waals surface area (Å²) < 4.78 is 33.2. The fraction of sp³-hybridized carbons (Fsp3) is 0.583. The molecule has 1 N–H and O–H groups in total. The molecule has 1 fully saturated rings. The zero-order chi connectivity index (χ0) is 13.9. The highest BCUT2D eigenvalue weighted by molar-refractivity contribution is 7.91. The van der Waals surface area contributed by atoms with Crippen LogP contribution in [0.2, 0.25) is 0 Å². The van der Waals surface area contributed by atoms with E-state index in [2.05, 4.69) is 10.3 Å². The van der Waals surface area contributed by atoms with Crippen LogP contribution in [0.1, 0.15) is 12.1 Å². The van der Waals surface area contributed by atoms with Gasteiger partial charge in [0.15, 0.2) is 21.3 Å². The SMILES string of the molecule is COc1ccnc(CNC2CCS(=O)(=O)C2)c1OC. The number of nitrogens with zero attached hydrogens (tertiary/aromatic N) is 1. The Morgan fingerprint density at radius 2 is 2.21 bits per heavy atom. The molecule has 0 aliphatic carbocycles. The van der Waals surface area contributed by atoms with Crippen molar-refractivity contribution < 1.29 is 17.9 Å². The van der Waals surface area contributed by atoms with Crippen molar-refractivity contribution in [1.82, 2.24) is 10.3 Å². The Kier molecular flexibility index (Phi) is 4.26. The molecule has 1 aliphatic heterocycles. The first-order valence-electron chi connectivity index (χ1n) is 6.05. The number of ether oxygens (including phenoxy) is 2. The number of rotatable bonds is 5. The zero-order valence-corrected chi connectivity index (χ0v) is 11.9. The molecule has 106 valence electrons. The van der Waals surface area contributed by atoms with Crippen molar-refractivity contribution in [3.8, 4) is 11.5 Å². The van der Waals surface area contributed by atoms with Crippen molar-refractivity contribution in [3.05, 3.63) is 18.0 Å². The minimum absolute atomic E-state index is 0.0114. The molecular formula is C12H18N2O4S. The molecule has 1 aliphatic rings. The van der Waals surface area contributed by atoms with E-state index in [-0.39, 0.29) is 17.5 Å². The Hall–Kier alpha value is -1.34. The number of nitrogens with one attached hydrogen (secondary N) is 1. The fourth-order valence-corrected chi connectivity index (χ4v) is 3.88. The summed E-state index contributed by atoms with van der Waals surface area (Å²) in [7, 11) is 0.259. The Labute approximate surface area is 113 Å². The van der Waals surface area contributed by atoms with Crippen LogP contribution in [0.3, 0.4) is 0 Å². The van der Waals surface area contributed by atoms with E-state index in [9.17, 15) is 8.42 Å². The van der Waals surface area contributed by atoms with Crippen molar-refractivity contribution >= 4 is 9.84 Å². The summed E-state index contributed by atoms with van der Waals surface area (Å²) in [5.74, 6) is 1.65. The van der Waals surface area contributed by atoms with E-state index >= 15 is 0 Å². The second-order valence-electron chi connectivity index (χ2n) is 4.47. The lowest BCUT2D eigenvalue weighted by atomic mass is 10.2. The Bertz CT molecular complexity index is 545. The zero-order valence-electron chi connectivity index (χ0n) is 11.0. The molecule has 0 bridgehead atoms. The van der Waals surface area contributed by atoms with E-state index in [1.54, 1.807) is 26.5 Å². The molecule has 1 unspecified atom stereocenters. The Morgan fingerprint density at radius 1 is 1.42 bits per heavy atom. The van der Waals surface area contributed by atoms with Crippen LogP contribution >= 0.6 is 0 Å². The van der Waals surface area contributed by atoms with Gasteiger partial charge >= 0.3 is 0 Å². The van der Waals surface area contributed by atoms with Gasteiger partial charge < -0.3 is 14.8 Å². The first kappa shape index (κ1) is 14.1. The van der Waals surface area contributed by atoms with Gasteiger partial charge in [-0.05, 0) is 6.42 Å². The van der Waals surface area contributed by atoms with Crippen LogP contribution in [-0.4, -0.2) is 45.2 Å². The summed E-state index contributed by atoms with van der Waals surface area (Å²) in [5, 5.41) is 3.20. The predicted molar refractivity (Wildman–Crippen MR) is 71.2 cm³/mol. The van der Waals surface area contributed by atoms with Crippen LogP contribution < -0.4 is 14.8 Å². The fourth-order valence-electron chi connectivity index (χ4n) is 2.17. The van der Waals surface area contributed by atoms with Gasteiger partial charge in [-0.15, -0.1) is 0 Å². The van der Waals surface area contributed by atoms with Crippen molar-refractivity contribution in [3.63, 3.8) is 0 Å². The largest absolute Gasteiger partial charge is 0.493 e. The summed E-state index contributed by atoms with van der Waals surface area (Å²) in [6.45, 7) is 0.459. The molecule has 7 heteroatoms. The average molecular weight is 286 g/mol. The van der Waals surface area contributed by atoms with Gasteiger partial charge in [0.1, 0.15) is 0 Å². The Morgan fingerprint density at radius 3 is 2.79 bits per heavy atom. The van der Waals surface area contributed by atoms with Crippen LogP contribution in [-0.2, 0) is 16.4 Å². The minimum atomic E-state index is -2.87. The molecule has 0 spiro atoms. The van der Waals surface area contributed by atoms with Crippen LogP contribution in [0.4, 0.5) is 0 Å². The molecule has 0 aromatic carbocycles. The molecular weight excluding hydrogens is 268 g/mol. The number of aromatic nitrogens is 1. The molecule has 1 aromatic rings. The van der Waals surface area contributed by atoms with Crippen LogP contribution in [0.15, 0.2) is 12.3 Å². The van der Waals surface area contributed by atoms with E-state index in [0.717, 1.165) is 0 Å². The van der Waals surface area contributed by atoms with Gasteiger partial charge in [0, 0.05) is 24.8 Å². The highest BCUT2D eigenvalue weighted by Crippen LogP contribution is 2.29. The van der Waals surface area contributed by atoms with Crippen molar-refractivity contribution in [2.45, 2.75) is 19.0 Å². The quantitative estimate of drug-likeness (QED) is 0.843. The molecule has 19 heavy (non-hydrogen) atoms. The maximum atomic E-state index is 11.4. The Balaban J connectivity index is 2.04. The van der Waals surface area contributed by atoms with Crippen LogP contribution in [0.5, 0.6) is 11.5 Å². The van der Waals surface area contributed by atoms with Gasteiger partial charge in [-0.25, -0.2) is 8.42 Å². The van der Waals surface area contributed by atoms with Crippen molar-refractivity contribution in [2.24, 2.45) is 0 Å². The molecule has 0 radical (unpaired) electrons. The summed E-state index contributed by atoms with van der Waals surface area (Å²) in [6, 6.07) is 1.71. The molecule has 1 atom stereocenters. The third-order valence-electron chi connectivity index (χ3n) is 3.16. The summed E-state index contributed by atoms with van der Waals surface area (Å²) in [6.07, 6.45) is 2.29. The lowest BCUT2D eigenvalue weighted by Crippen LogP contribution is -2.30. The van der Waals surface area contributed by atoms with E-state index in [1.165, 1.54) is 0 Å². The first-order chi connectivity index (χ1) is 9.05. The minimum Gasteiger partial charge on any atom is -0.493 e. The topological polar surface area (TPSA) is 77.5 Å². The van der Waals surface area contributed by atoms with Crippen molar-refractivity contribution in [1.29, 1.82) is 0 Å². The predicted octanol–water partition coefficient (Wildman–Crippen LogP) is 0.375. The summed E-state index contributed by atoms with van der Waals surface area (Å²) >= 11 is 0. The second-order valence-corrected chi connectivity index (χ2v) is 6.70. The van der Waals surface area contributed by atoms with Gasteiger partial charge in [-0.1, -0.05) is 0 Å². The molecule has 2 rings (SSSR count). The lowest BCUT2D eigenvalue weighted by Gasteiger charge is -2.14. The highest BCUT2D eigenvalue weighted by atomic mass is 32.2. The standard InChI is InChI=1S/C12H18N2O4S/c1-17-11-3-5-13-10(12(11)18-2)7-14-9-4-6-19(15,16)8-9/h3,5,9,14H,4,6-8H2,1-2H3. The first-order valence-corrected chi connectivity index (χ1v) is 7.87. The molecule has 6 nitrogen and oxygen atoms in total. The molecule has 0 saturated carbocycles. The number of hydrogen-bond acceptors (Lipinski definition) is 6. The summed E-state index contributed by atoms with van der Waals surface area (Å²) in [5.41, 5.74) is 0.714. The lowest BCUT2D eigenvalue weighted by molar-refractivity contribution is 0.347. The average Bonchev–Trinajstić information content (AvgIpc) is 2.75. The third kappa shape index (κ3) is 3.36. The smallest absolute Gasteiger partial charge is 0.183 e. The van der Waals surface area contributed by atoms with E-state index in [4.69, 9.17) is 9.47 Å². The van der Waals surface area contributed by atoms with Gasteiger partial charge in [-0.3, -0.25) is 4.98 Å². The monoisotopic (exact) mass is 286 g/mol. The van der Waals surface area contributed by atoms with E-state index in [1.807, 2.05) is 0 Å². The molecule has 2 heterocycles. The van der Waals surface area contributed by atoms with Crippen LogP contribution in [0.25, 0.3) is 0 Å². The number of pyridine rings is 1. The van der Waals surface area contributed by atoms with E-state index in [0.29, 0.717) is 30.2 Å². The second kappa shape index (κ2) is 5.75. The maximum Gasteiger partial charge on any atom is 0.183 e.